The molecule has 0 aliphatic rings. The summed E-state index contributed by atoms with van der Waals surface area (Å²) >= 11 is 6.22. The first-order chi connectivity index (χ1) is 14.0. The highest BCUT2D eigenvalue weighted by Gasteiger charge is 2.15. The molecule has 0 fully saturated rings. The van der Waals surface area contributed by atoms with Gasteiger partial charge in [-0.05, 0) is 37.3 Å². The Labute approximate surface area is 171 Å². The Morgan fingerprint density at radius 1 is 1.17 bits per heavy atom. The smallest absolute Gasteiger partial charge is 0.262 e. The van der Waals surface area contributed by atoms with Gasteiger partial charge in [0.05, 0.1) is 28.0 Å². The lowest BCUT2D eigenvalue weighted by atomic mass is 10.2. The SMILES string of the molecule is CCn1c(=O)c2ccccc2n2c(CNc3ccc(C(=O)NC)c(Cl)c3)nnc12. The molecule has 0 atom stereocenters. The van der Waals surface area contributed by atoms with E-state index in [0.717, 1.165) is 11.2 Å². The number of nitrogens with one attached hydrogen (secondary N) is 2. The van der Waals surface area contributed by atoms with E-state index in [9.17, 15) is 9.59 Å². The molecule has 0 bridgehead atoms. The van der Waals surface area contributed by atoms with Crippen LogP contribution in [0.2, 0.25) is 5.02 Å². The number of nitrogens with zero attached hydrogens (tertiary/aromatic N) is 4. The lowest BCUT2D eigenvalue weighted by molar-refractivity contribution is 0.0963. The van der Waals surface area contributed by atoms with Gasteiger partial charge >= 0.3 is 0 Å². The normalized spacial score (nSPS) is 11.1. The Morgan fingerprint density at radius 2 is 1.97 bits per heavy atom. The topological polar surface area (TPSA) is 93.3 Å². The monoisotopic (exact) mass is 410 g/mol. The molecule has 0 saturated carbocycles. The highest BCUT2D eigenvalue weighted by atomic mass is 35.5. The van der Waals surface area contributed by atoms with E-state index in [-0.39, 0.29) is 11.5 Å². The van der Waals surface area contributed by atoms with Gasteiger partial charge < -0.3 is 10.6 Å². The number of amides is 1. The molecule has 4 rings (SSSR count). The average molecular weight is 411 g/mol. The zero-order chi connectivity index (χ0) is 20.5. The van der Waals surface area contributed by atoms with Crippen LogP contribution in [0.15, 0.2) is 47.3 Å². The van der Waals surface area contributed by atoms with Gasteiger partial charge in [-0.3, -0.25) is 18.6 Å². The molecular weight excluding hydrogens is 392 g/mol. The molecule has 0 aliphatic carbocycles. The first-order valence-corrected chi connectivity index (χ1v) is 9.54. The lowest BCUT2D eigenvalue weighted by Gasteiger charge is -2.11. The van der Waals surface area contributed by atoms with Crippen molar-refractivity contribution in [2.24, 2.45) is 0 Å². The van der Waals surface area contributed by atoms with Crippen LogP contribution in [-0.4, -0.2) is 32.1 Å². The van der Waals surface area contributed by atoms with Gasteiger partial charge in [0.25, 0.3) is 11.5 Å². The van der Waals surface area contributed by atoms with Crippen molar-refractivity contribution in [1.29, 1.82) is 0 Å². The molecule has 0 spiro atoms. The number of aryl methyl sites for hydroxylation is 1. The number of rotatable bonds is 5. The summed E-state index contributed by atoms with van der Waals surface area (Å²) < 4.78 is 3.49. The van der Waals surface area contributed by atoms with Crippen molar-refractivity contribution in [3.8, 4) is 0 Å². The van der Waals surface area contributed by atoms with Crippen molar-refractivity contribution in [3.63, 3.8) is 0 Å². The Bertz CT molecular complexity index is 1290. The van der Waals surface area contributed by atoms with Gasteiger partial charge in [-0.15, -0.1) is 10.2 Å². The minimum absolute atomic E-state index is 0.0842. The Hall–Kier alpha value is -3.39. The second kappa shape index (κ2) is 7.56. The Kier molecular flexibility index (Phi) is 4.94. The molecule has 2 heterocycles. The average Bonchev–Trinajstić information content (AvgIpc) is 3.16. The van der Waals surface area contributed by atoms with Crippen LogP contribution in [0.5, 0.6) is 0 Å². The van der Waals surface area contributed by atoms with Crippen LogP contribution in [0.3, 0.4) is 0 Å². The van der Waals surface area contributed by atoms with E-state index < -0.39 is 0 Å². The van der Waals surface area contributed by atoms with Crippen LogP contribution in [0.4, 0.5) is 5.69 Å². The summed E-state index contributed by atoms with van der Waals surface area (Å²) in [6, 6.07) is 12.5. The first-order valence-electron chi connectivity index (χ1n) is 9.16. The first kappa shape index (κ1) is 18.9. The fourth-order valence-electron chi connectivity index (χ4n) is 3.34. The largest absolute Gasteiger partial charge is 0.378 e. The summed E-state index contributed by atoms with van der Waals surface area (Å²) in [6.45, 7) is 2.76. The summed E-state index contributed by atoms with van der Waals surface area (Å²) in [4.78, 5) is 24.5. The minimum Gasteiger partial charge on any atom is -0.378 e. The van der Waals surface area contributed by atoms with E-state index in [1.807, 2.05) is 29.5 Å². The summed E-state index contributed by atoms with van der Waals surface area (Å²) in [5, 5.41) is 15.3. The number of hydrogen-bond donors (Lipinski definition) is 2. The van der Waals surface area contributed by atoms with Gasteiger partial charge in [0, 0.05) is 19.3 Å². The van der Waals surface area contributed by atoms with Crippen LogP contribution in [-0.2, 0) is 13.1 Å². The number of carbonyl (C=O) groups excluding carboxylic acids is 1. The van der Waals surface area contributed by atoms with Gasteiger partial charge in [0.2, 0.25) is 5.78 Å². The van der Waals surface area contributed by atoms with Crippen molar-refractivity contribution < 1.29 is 4.79 Å². The quantitative estimate of drug-likeness (QED) is 0.527. The molecule has 1 amide bonds. The van der Waals surface area contributed by atoms with Crippen molar-refractivity contribution in [2.75, 3.05) is 12.4 Å². The standard InChI is InChI=1S/C20H19ClN6O2/c1-3-26-19(29)14-6-4-5-7-16(14)27-17(24-25-20(26)27)11-23-12-8-9-13(15(21)10-12)18(28)22-2/h4-10,23H,3,11H2,1-2H3,(H,22,28). The number of fused-ring (bicyclic) bond motifs is 3. The van der Waals surface area contributed by atoms with Crippen molar-refractivity contribution >= 4 is 39.9 Å². The molecule has 2 N–H and O–H groups in total. The van der Waals surface area contributed by atoms with Gasteiger partial charge in [-0.1, -0.05) is 23.7 Å². The molecule has 0 aliphatic heterocycles. The zero-order valence-corrected chi connectivity index (χ0v) is 16.7. The van der Waals surface area contributed by atoms with Crippen LogP contribution >= 0.6 is 11.6 Å². The molecule has 4 aromatic rings. The fraction of sp³-hybridized carbons (Fsp3) is 0.200. The maximum absolute atomic E-state index is 12.7. The van der Waals surface area contributed by atoms with Crippen LogP contribution in [0.25, 0.3) is 16.7 Å². The molecule has 148 valence electrons. The van der Waals surface area contributed by atoms with Gasteiger partial charge in [0.15, 0.2) is 5.82 Å². The van der Waals surface area contributed by atoms with E-state index in [1.54, 1.807) is 35.9 Å². The molecular formula is C20H19ClN6O2. The second-order valence-corrected chi connectivity index (χ2v) is 6.85. The number of carbonyl (C=O) groups is 1. The maximum atomic E-state index is 12.7. The number of anilines is 1. The van der Waals surface area contributed by atoms with Crippen molar-refractivity contribution in [1.82, 2.24) is 24.5 Å². The molecule has 0 saturated heterocycles. The molecule has 8 nitrogen and oxygen atoms in total. The maximum Gasteiger partial charge on any atom is 0.262 e. The highest BCUT2D eigenvalue weighted by molar-refractivity contribution is 6.34. The van der Waals surface area contributed by atoms with Crippen molar-refractivity contribution in [2.45, 2.75) is 20.0 Å². The number of para-hydroxylation sites is 1. The molecule has 0 unspecified atom stereocenters. The van der Waals surface area contributed by atoms with Gasteiger partial charge in [-0.25, -0.2) is 0 Å². The van der Waals surface area contributed by atoms with Crippen LogP contribution in [0, 0.1) is 0 Å². The summed E-state index contributed by atoms with van der Waals surface area (Å²) in [6.07, 6.45) is 0. The van der Waals surface area contributed by atoms with Crippen molar-refractivity contribution in [3.05, 3.63) is 69.2 Å². The van der Waals surface area contributed by atoms with E-state index >= 15 is 0 Å². The van der Waals surface area contributed by atoms with Crippen LogP contribution < -0.4 is 16.2 Å². The molecule has 29 heavy (non-hydrogen) atoms. The molecule has 9 heteroatoms. The molecule has 2 aromatic heterocycles. The predicted molar refractivity (Wildman–Crippen MR) is 113 cm³/mol. The number of aromatic nitrogens is 4. The van der Waals surface area contributed by atoms with E-state index in [1.165, 1.54) is 0 Å². The predicted octanol–water partition coefficient (Wildman–Crippen LogP) is 2.69. The van der Waals surface area contributed by atoms with E-state index in [4.69, 9.17) is 11.6 Å². The number of hydrogen-bond acceptors (Lipinski definition) is 5. The summed E-state index contributed by atoms with van der Waals surface area (Å²) in [7, 11) is 1.56. The molecule has 2 aromatic carbocycles. The Balaban J connectivity index is 1.73. The number of halogens is 1. The molecule has 0 radical (unpaired) electrons. The number of benzene rings is 2. The summed E-state index contributed by atoms with van der Waals surface area (Å²) in [5.74, 6) is 0.917. The third kappa shape index (κ3) is 3.21. The van der Waals surface area contributed by atoms with E-state index in [0.29, 0.717) is 40.7 Å². The Morgan fingerprint density at radius 3 is 2.69 bits per heavy atom. The van der Waals surface area contributed by atoms with Gasteiger partial charge in [0.1, 0.15) is 0 Å². The third-order valence-corrected chi connectivity index (χ3v) is 5.10. The second-order valence-electron chi connectivity index (χ2n) is 6.45. The highest BCUT2D eigenvalue weighted by Crippen LogP contribution is 2.22. The lowest BCUT2D eigenvalue weighted by Crippen LogP contribution is -2.23. The summed E-state index contributed by atoms with van der Waals surface area (Å²) in [5.41, 5.74) is 1.82. The minimum atomic E-state index is -0.242. The van der Waals surface area contributed by atoms with E-state index in [2.05, 4.69) is 20.8 Å². The third-order valence-electron chi connectivity index (χ3n) is 4.78. The fourth-order valence-corrected chi connectivity index (χ4v) is 3.61. The zero-order valence-electron chi connectivity index (χ0n) is 15.9. The van der Waals surface area contributed by atoms with Crippen LogP contribution in [0.1, 0.15) is 23.1 Å². The van der Waals surface area contributed by atoms with Gasteiger partial charge in [-0.2, -0.15) is 0 Å².